The maximum atomic E-state index is 13.7. The van der Waals surface area contributed by atoms with Crippen LogP contribution in [0.1, 0.15) is 104 Å². The highest BCUT2D eigenvalue weighted by Crippen LogP contribution is 2.55. The number of unbranched alkanes of at least 4 members (excludes halogenated alkanes) is 2. The lowest BCUT2D eigenvalue weighted by Crippen LogP contribution is -2.42. The van der Waals surface area contributed by atoms with Crippen LogP contribution in [0.15, 0.2) is 0 Å². The standard InChI is InChI=1S/C21H37F3/c1-3-5-6-14-20(21(22,23)24)15-12-19(13-16-20)18-10-8-17(7-4-2)9-11-18/h17-19H,3-16H2,1-2H3/t17?,18?,19-,20-. The molecule has 0 amide bonds. The number of rotatable bonds is 7. The molecule has 0 aliphatic heterocycles. The molecule has 0 heterocycles. The van der Waals surface area contributed by atoms with Gasteiger partial charge < -0.3 is 0 Å². The van der Waals surface area contributed by atoms with Crippen LogP contribution in [0.3, 0.4) is 0 Å². The molecule has 2 saturated carbocycles. The highest BCUT2D eigenvalue weighted by atomic mass is 19.4. The molecular formula is C21H37F3. The van der Waals surface area contributed by atoms with Crippen molar-refractivity contribution in [1.82, 2.24) is 0 Å². The molecular weight excluding hydrogens is 309 g/mol. The molecule has 0 atom stereocenters. The molecule has 142 valence electrons. The van der Waals surface area contributed by atoms with Crippen LogP contribution in [0, 0.1) is 23.2 Å². The Bertz CT molecular complexity index is 345. The van der Waals surface area contributed by atoms with E-state index in [0.29, 0.717) is 31.1 Å². The molecule has 0 aromatic carbocycles. The first-order valence-electron chi connectivity index (χ1n) is 10.5. The Morgan fingerprint density at radius 3 is 1.88 bits per heavy atom. The Hall–Kier alpha value is -0.210. The lowest BCUT2D eigenvalue weighted by Gasteiger charge is -2.44. The van der Waals surface area contributed by atoms with Gasteiger partial charge in [-0.15, -0.1) is 0 Å². The third-order valence-electron chi connectivity index (χ3n) is 7.10. The summed E-state index contributed by atoms with van der Waals surface area (Å²) in [6.45, 7) is 4.31. The van der Waals surface area contributed by atoms with Crippen LogP contribution < -0.4 is 0 Å². The molecule has 0 unspecified atom stereocenters. The first kappa shape index (κ1) is 20.1. The minimum absolute atomic E-state index is 0.361. The van der Waals surface area contributed by atoms with E-state index in [2.05, 4.69) is 13.8 Å². The zero-order valence-electron chi connectivity index (χ0n) is 15.8. The summed E-state index contributed by atoms with van der Waals surface area (Å²) in [6, 6.07) is 0. The summed E-state index contributed by atoms with van der Waals surface area (Å²) in [5.41, 5.74) is -1.36. The van der Waals surface area contributed by atoms with E-state index in [9.17, 15) is 13.2 Å². The van der Waals surface area contributed by atoms with Crippen molar-refractivity contribution in [3.05, 3.63) is 0 Å². The minimum Gasteiger partial charge on any atom is -0.171 e. The minimum atomic E-state index is -4.01. The summed E-state index contributed by atoms with van der Waals surface area (Å²) >= 11 is 0. The second-order valence-corrected chi connectivity index (χ2v) is 8.64. The molecule has 0 bridgehead atoms. The third-order valence-corrected chi connectivity index (χ3v) is 7.10. The normalized spacial score (nSPS) is 35.1. The molecule has 24 heavy (non-hydrogen) atoms. The van der Waals surface area contributed by atoms with Crippen molar-refractivity contribution in [2.45, 2.75) is 110 Å². The van der Waals surface area contributed by atoms with Crippen molar-refractivity contribution in [2.75, 3.05) is 0 Å². The van der Waals surface area contributed by atoms with E-state index in [-0.39, 0.29) is 0 Å². The summed E-state index contributed by atoms with van der Waals surface area (Å²) in [5, 5.41) is 0. The van der Waals surface area contributed by atoms with E-state index in [1.807, 2.05) is 0 Å². The Morgan fingerprint density at radius 1 is 0.792 bits per heavy atom. The Balaban J connectivity index is 1.86. The predicted molar refractivity (Wildman–Crippen MR) is 94.9 cm³/mol. The van der Waals surface area contributed by atoms with E-state index in [4.69, 9.17) is 0 Å². The van der Waals surface area contributed by atoms with Gasteiger partial charge in [-0.25, -0.2) is 0 Å². The van der Waals surface area contributed by atoms with Gasteiger partial charge in [0.25, 0.3) is 0 Å². The quantitative estimate of drug-likeness (QED) is 0.411. The maximum Gasteiger partial charge on any atom is 0.394 e. The van der Waals surface area contributed by atoms with Crippen molar-refractivity contribution < 1.29 is 13.2 Å². The van der Waals surface area contributed by atoms with Gasteiger partial charge in [0.05, 0.1) is 5.41 Å². The molecule has 0 N–H and O–H groups in total. The third kappa shape index (κ3) is 4.91. The molecule has 3 heteroatoms. The molecule has 2 aliphatic rings. The highest BCUT2D eigenvalue weighted by molar-refractivity contribution is 4.93. The summed E-state index contributed by atoms with van der Waals surface area (Å²) in [7, 11) is 0. The van der Waals surface area contributed by atoms with E-state index >= 15 is 0 Å². The fourth-order valence-corrected chi connectivity index (χ4v) is 5.41. The SMILES string of the molecule is CCCCC[C@]1(C(F)(F)F)CC[C@H](C2CCC(CCC)CC2)CC1. The fraction of sp³-hybridized carbons (Fsp3) is 1.00. The van der Waals surface area contributed by atoms with Crippen LogP contribution in [0.4, 0.5) is 13.2 Å². The van der Waals surface area contributed by atoms with Crippen molar-refractivity contribution in [3.63, 3.8) is 0 Å². The van der Waals surface area contributed by atoms with Gasteiger partial charge in [-0.2, -0.15) is 13.2 Å². The Labute approximate surface area is 147 Å². The summed E-state index contributed by atoms with van der Waals surface area (Å²) in [5.74, 6) is 2.16. The largest absolute Gasteiger partial charge is 0.394 e. The van der Waals surface area contributed by atoms with Crippen LogP contribution >= 0.6 is 0 Å². The number of hydrogen-bond donors (Lipinski definition) is 0. The van der Waals surface area contributed by atoms with Gasteiger partial charge in [0.1, 0.15) is 0 Å². The van der Waals surface area contributed by atoms with Gasteiger partial charge in [0, 0.05) is 0 Å². The average molecular weight is 347 g/mol. The lowest BCUT2D eigenvalue weighted by molar-refractivity contribution is -0.241. The molecule has 0 aromatic heterocycles. The van der Waals surface area contributed by atoms with Gasteiger partial charge in [-0.05, 0) is 62.7 Å². The molecule has 0 radical (unpaired) electrons. The van der Waals surface area contributed by atoms with Crippen LogP contribution in [0.5, 0.6) is 0 Å². The number of alkyl halides is 3. The van der Waals surface area contributed by atoms with Crippen molar-refractivity contribution >= 4 is 0 Å². The fourth-order valence-electron chi connectivity index (χ4n) is 5.41. The van der Waals surface area contributed by atoms with Crippen LogP contribution in [-0.2, 0) is 0 Å². The zero-order chi connectivity index (χ0) is 17.6. The van der Waals surface area contributed by atoms with Gasteiger partial charge >= 0.3 is 6.18 Å². The molecule has 0 aromatic rings. The second-order valence-electron chi connectivity index (χ2n) is 8.64. The van der Waals surface area contributed by atoms with Crippen molar-refractivity contribution in [1.29, 1.82) is 0 Å². The molecule has 2 aliphatic carbocycles. The molecule has 0 spiro atoms. The average Bonchev–Trinajstić information content (AvgIpc) is 2.56. The monoisotopic (exact) mass is 346 g/mol. The summed E-state index contributed by atoms with van der Waals surface area (Å²) < 4.78 is 41.2. The van der Waals surface area contributed by atoms with Gasteiger partial charge in [0.15, 0.2) is 0 Å². The van der Waals surface area contributed by atoms with E-state index in [0.717, 1.165) is 38.0 Å². The predicted octanol–water partition coefficient (Wildman–Crippen LogP) is 7.91. The molecule has 2 rings (SSSR count). The first-order chi connectivity index (χ1) is 11.4. The molecule has 2 fully saturated rings. The molecule has 0 nitrogen and oxygen atoms in total. The van der Waals surface area contributed by atoms with Crippen LogP contribution in [0.2, 0.25) is 0 Å². The summed E-state index contributed by atoms with van der Waals surface area (Å²) in [4.78, 5) is 0. The maximum absolute atomic E-state index is 13.7. The molecule has 0 saturated heterocycles. The van der Waals surface area contributed by atoms with E-state index < -0.39 is 11.6 Å². The van der Waals surface area contributed by atoms with Crippen molar-refractivity contribution in [3.8, 4) is 0 Å². The zero-order valence-corrected chi connectivity index (χ0v) is 15.8. The van der Waals surface area contributed by atoms with E-state index in [1.54, 1.807) is 0 Å². The topological polar surface area (TPSA) is 0 Å². The summed E-state index contributed by atoms with van der Waals surface area (Å²) in [6.07, 6.45) is 9.20. The number of hydrogen-bond acceptors (Lipinski definition) is 0. The smallest absolute Gasteiger partial charge is 0.171 e. The number of halogens is 3. The van der Waals surface area contributed by atoms with Crippen LogP contribution in [0.25, 0.3) is 0 Å². The van der Waals surface area contributed by atoms with Gasteiger partial charge in [-0.1, -0.05) is 58.8 Å². The van der Waals surface area contributed by atoms with Crippen molar-refractivity contribution in [2.24, 2.45) is 23.2 Å². The highest BCUT2D eigenvalue weighted by Gasteiger charge is 2.55. The van der Waals surface area contributed by atoms with Gasteiger partial charge in [0.2, 0.25) is 0 Å². The Morgan fingerprint density at radius 2 is 1.38 bits per heavy atom. The van der Waals surface area contributed by atoms with Gasteiger partial charge in [-0.3, -0.25) is 0 Å². The lowest BCUT2D eigenvalue weighted by atomic mass is 9.62. The Kier molecular flexibility index (Phi) is 7.49. The van der Waals surface area contributed by atoms with E-state index in [1.165, 1.54) is 38.5 Å². The first-order valence-corrected chi connectivity index (χ1v) is 10.5. The van der Waals surface area contributed by atoms with Crippen LogP contribution in [-0.4, -0.2) is 6.18 Å². The second kappa shape index (κ2) is 8.94.